The van der Waals surface area contributed by atoms with Crippen molar-refractivity contribution < 1.29 is 18.0 Å². The van der Waals surface area contributed by atoms with Gasteiger partial charge in [0.2, 0.25) is 5.91 Å². The van der Waals surface area contributed by atoms with Gasteiger partial charge in [0.15, 0.2) is 11.0 Å². The zero-order valence-electron chi connectivity index (χ0n) is 16.5. The molecule has 31 heavy (non-hydrogen) atoms. The fourth-order valence-electron chi connectivity index (χ4n) is 2.77. The molecule has 1 amide bonds. The van der Waals surface area contributed by atoms with Crippen LogP contribution in [0.5, 0.6) is 0 Å². The van der Waals surface area contributed by atoms with Crippen molar-refractivity contribution in [2.75, 3.05) is 11.1 Å². The first kappa shape index (κ1) is 23.1. The third-order valence-corrected chi connectivity index (χ3v) is 5.40. The van der Waals surface area contributed by atoms with Crippen LogP contribution in [0.4, 0.5) is 19.0 Å². The normalized spacial score (nSPS) is 11.8. The standard InChI is InChI=1S/C20H18ClF3N4O2S/c1-11(2)9-28-18(30)13-5-3-4-6-15(13)26-19(28)31-10-16(29)27-17-14(21)7-12(8-25-17)20(22,23)24/h3-8,11H,9-10H2,1-2H3,(H,25,27,29). The van der Waals surface area contributed by atoms with Crippen molar-refractivity contribution in [3.05, 3.63) is 57.5 Å². The van der Waals surface area contributed by atoms with Gasteiger partial charge in [-0.05, 0) is 24.1 Å². The van der Waals surface area contributed by atoms with E-state index in [0.717, 1.165) is 11.8 Å². The Morgan fingerprint density at radius 3 is 2.65 bits per heavy atom. The van der Waals surface area contributed by atoms with Crippen LogP contribution in [0, 0.1) is 5.92 Å². The first-order chi connectivity index (χ1) is 14.6. The summed E-state index contributed by atoms with van der Waals surface area (Å²) >= 11 is 6.87. The predicted octanol–water partition coefficient (Wildman–Crippen LogP) is 4.85. The number of carbonyl (C=O) groups is 1. The van der Waals surface area contributed by atoms with E-state index in [0.29, 0.717) is 34.9 Å². The number of hydrogen-bond donors (Lipinski definition) is 1. The molecule has 0 saturated carbocycles. The maximum Gasteiger partial charge on any atom is 0.417 e. The summed E-state index contributed by atoms with van der Waals surface area (Å²) in [7, 11) is 0. The van der Waals surface area contributed by atoms with Crippen LogP contribution < -0.4 is 10.9 Å². The van der Waals surface area contributed by atoms with Gasteiger partial charge in [0, 0.05) is 12.7 Å². The molecule has 2 aromatic heterocycles. The summed E-state index contributed by atoms with van der Waals surface area (Å²) < 4.78 is 39.7. The highest BCUT2D eigenvalue weighted by atomic mass is 35.5. The third-order valence-electron chi connectivity index (χ3n) is 4.13. The second kappa shape index (κ2) is 9.27. The van der Waals surface area contributed by atoms with Gasteiger partial charge in [-0.15, -0.1) is 0 Å². The molecule has 0 saturated heterocycles. The van der Waals surface area contributed by atoms with Crippen LogP contribution in [0.1, 0.15) is 19.4 Å². The SMILES string of the molecule is CC(C)Cn1c(SCC(=O)Nc2ncc(C(F)(F)F)cc2Cl)nc2ccccc2c1=O. The van der Waals surface area contributed by atoms with Crippen molar-refractivity contribution in [2.24, 2.45) is 5.92 Å². The lowest BCUT2D eigenvalue weighted by molar-refractivity contribution is -0.137. The Morgan fingerprint density at radius 1 is 1.29 bits per heavy atom. The van der Waals surface area contributed by atoms with Gasteiger partial charge >= 0.3 is 6.18 Å². The third kappa shape index (κ3) is 5.56. The maximum absolute atomic E-state index is 12.9. The molecule has 3 aromatic rings. The van der Waals surface area contributed by atoms with Gasteiger partial charge in [-0.1, -0.05) is 49.3 Å². The first-order valence-corrected chi connectivity index (χ1v) is 10.6. The van der Waals surface area contributed by atoms with E-state index in [1.54, 1.807) is 24.3 Å². The Kier molecular flexibility index (Phi) is 6.90. The predicted molar refractivity (Wildman–Crippen MR) is 114 cm³/mol. The van der Waals surface area contributed by atoms with E-state index in [1.807, 2.05) is 13.8 Å². The van der Waals surface area contributed by atoms with E-state index in [9.17, 15) is 22.8 Å². The van der Waals surface area contributed by atoms with Gasteiger partial charge in [-0.25, -0.2) is 9.97 Å². The molecule has 2 heterocycles. The number of thioether (sulfide) groups is 1. The molecule has 164 valence electrons. The summed E-state index contributed by atoms with van der Waals surface area (Å²) in [4.78, 5) is 33.3. The quantitative estimate of drug-likeness (QED) is 0.411. The molecule has 0 fully saturated rings. The average Bonchev–Trinajstić information content (AvgIpc) is 2.69. The highest BCUT2D eigenvalue weighted by Crippen LogP contribution is 2.32. The molecule has 0 radical (unpaired) electrons. The maximum atomic E-state index is 12.9. The van der Waals surface area contributed by atoms with Gasteiger partial charge in [0.05, 0.1) is 27.2 Å². The van der Waals surface area contributed by atoms with Crippen LogP contribution in [0.15, 0.2) is 46.5 Å². The Hall–Kier alpha value is -2.59. The smallest absolute Gasteiger partial charge is 0.309 e. The summed E-state index contributed by atoms with van der Waals surface area (Å²) in [6.45, 7) is 4.34. The number of para-hydroxylation sites is 1. The van der Waals surface area contributed by atoms with E-state index >= 15 is 0 Å². The van der Waals surface area contributed by atoms with Gasteiger partial charge in [-0.2, -0.15) is 13.2 Å². The minimum Gasteiger partial charge on any atom is -0.309 e. The molecule has 1 aromatic carbocycles. The molecule has 0 atom stereocenters. The Labute approximate surface area is 184 Å². The molecule has 3 rings (SSSR count). The molecule has 11 heteroatoms. The number of benzene rings is 1. The molecule has 0 bridgehead atoms. The zero-order valence-corrected chi connectivity index (χ0v) is 18.1. The van der Waals surface area contributed by atoms with E-state index in [-0.39, 0.29) is 28.1 Å². The Morgan fingerprint density at radius 2 is 2.00 bits per heavy atom. The summed E-state index contributed by atoms with van der Waals surface area (Å²) in [5, 5.41) is 2.92. The van der Waals surface area contributed by atoms with Crippen molar-refractivity contribution in [1.82, 2.24) is 14.5 Å². The number of carbonyl (C=O) groups excluding carboxylic acids is 1. The van der Waals surface area contributed by atoms with Crippen molar-refractivity contribution in [3.63, 3.8) is 0 Å². The van der Waals surface area contributed by atoms with Gasteiger partial charge in [0.1, 0.15) is 0 Å². The summed E-state index contributed by atoms with van der Waals surface area (Å²) in [6, 6.07) is 7.63. The number of amides is 1. The van der Waals surface area contributed by atoms with Crippen molar-refractivity contribution >= 4 is 46.0 Å². The molecule has 1 N–H and O–H groups in total. The van der Waals surface area contributed by atoms with Crippen LogP contribution in [-0.2, 0) is 17.5 Å². The summed E-state index contributed by atoms with van der Waals surface area (Å²) in [6.07, 6.45) is -3.99. The number of aromatic nitrogens is 3. The minimum atomic E-state index is -4.59. The molecule has 0 aliphatic heterocycles. The van der Waals surface area contributed by atoms with Gasteiger partial charge < -0.3 is 5.32 Å². The van der Waals surface area contributed by atoms with Crippen molar-refractivity contribution in [3.8, 4) is 0 Å². The number of rotatable bonds is 6. The van der Waals surface area contributed by atoms with Gasteiger partial charge in [-0.3, -0.25) is 14.2 Å². The highest BCUT2D eigenvalue weighted by Gasteiger charge is 2.31. The topological polar surface area (TPSA) is 76.9 Å². The fraction of sp³-hybridized carbons (Fsp3) is 0.300. The zero-order chi connectivity index (χ0) is 22.8. The van der Waals surface area contributed by atoms with Crippen LogP contribution in [0.25, 0.3) is 10.9 Å². The van der Waals surface area contributed by atoms with Crippen LogP contribution >= 0.6 is 23.4 Å². The molecule has 0 spiro atoms. The van der Waals surface area contributed by atoms with Crippen molar-refractivity contribution in [2.45, 2.75) is 31.7 Å². The molecule has 0 unspecified atom stereocenters. The average molecular weight is 471 g/mol. The molecule has 0 aliphatic carbocycles. The minimum absolute atomic E-state index is 0.137. The van der Waals surface area contributed by atoms with E-state index in [1.165, 1.54) is 4.57 Å². The first-order valence-electron chi connectivity index (χ1n) is 9.21. The number of anilines is 1. The lowest BCUT2D eigenvalue weighted by atomic mass is 10.2. The summed E-state index contributed by atoms with van der Waals surface area (Å²) in [5.74, 6) is -0.685. The second-order valence-electron chi connectivity index (χ2n) is 7.11. The Bertz CT molecular complexity index is 1180. The molecule has 0 aliphatic rings. The highest BCUT2D eigenvalue weighted by molar-refractivity contribution is 7.99. The monoisotopic (exact) mass is 470 g/mol. The lowest BCUT2D eigenvalue weighted by Crippen LogP contribution is -2.26. The Balaban J connectivity index is 1.79. The molecule has 6 nitrogen and oxygen atoms in total. The number of pyridine rings is 1. The van der Waals surface area contributed by atoms with Crippen molar-refractivity contribution in [1.29, 1.82) is 0 Å². The molecular weight excluding hydrogens is 453 g/mol. The van der Waals surface area contributed by atoms with Crippen LogP contribution in [0.2, 0.25) is 5.02 Å². The number of hydrogen-bond acceptors (Lipinski definition) is 5. The summed E-state index contributed by atoms with van der Waals surface area (Å²) in [5.41, 5.74) is -0.694. The largest absolute Gasteiger partial charge is 0.417 e. The number of nitrogens with zero attached hydrogens (tertiary/aromatic N) is 3. The lowest BCUT2D eigenvalue weighted by Gasteiger charge is -2.15. The van der Waals surface area contributed by atoms with Crippen LogP contribution in [0.3, 0.4) is 0 Å². The molecular formula is C20H18ClF3N4O2S. The van der Waals surface area contributed by atoms with Crippen LogP contribution in [-0.4, -0.2) is 26.2 Å². The number of halogens is 4. The fourth-order valence-corrected chi connectivity index (χ4v) is 3.79. The van der Waals surface area contributed by atoms with Gasteiger partial charge in [0.25, 0.3) is 5.56 Å². The van der Waals surface area contributed by atoms with E-state index in [2.05, 4.69) is 15.3 Å². The second-order valence-corrected chi connectivity index (χ2v) is 8.46. The van der Waals surface area contributed by atoms with E-state index < -0.39 is 17.6 Å². The number of alkyl halides is 3. The number of nitrogens with one attached hydrogen (secondary N) is 1. The van der Waals surface area contributed by atoms with E-state index in [4.69, 9.17) is 11.6 Å². The number of fused-ring (bicyclic) bond motifs is 1.